The van der Waals surface area contributed by atoms with Gasteiger partial charge in [0.2, 0.25) is 0 Å². The van der Waals surface area contributed by atoms with Gasteiger partial charge in [-0.3, -0.25) is 0 Å². The molecule has 0 bridgehead atoms. The third kappa shape index (κ3) is 2.73. The number of ether oxygens (including phenoxy) is 1. The van der Waals surface area contributed by atoms with Crippen LogP contribution < -0.4 is 0 Å². The standard InChI is InChI=1S/C13H24O2/c1-12(2)5-3-6-13(8-7-12)10-11(14)4-9-15-13/h11,14H,3-10H2,1-2H3. The van der Waals surface area contributed by atoms with Gasteiger partial charge in [-0.15, -0.1) is 0 Å². The molecule has 0 aromatic heterocycles. The first-order valence-electron chi connectivity index (χ1n) is 6.34. The van der Waals surface area contributed by atoms with Gasteiger partial charge in [-0.25, -0.2) is 0 Å². The van der Waals surface area contributed by atoms with Crippen LogP contribution in [0, 0.1) is 5.41 Å². The topological polar surface area (TPSA) is 29.5 Å². The molecule has 0 aromatic carbocycles. The Kier molecular flexibility index (Phi) is 3.09. The van der Waals surface area contributed by atoms with Gasteiger partial charge in [-0.2, -0.15) is 0 Å². The summed E-state index contributed by atoms with van der Waals surface area (Å²) in [6.07, 6.45) is 7.63. The van der Waals surface area contributed by atoms with Crippen LogP contribution >= 0.6 is 0 Å². The first kappa shape index (κ1) is 11.4. The molecule has 1 N–H and O–H groups in total. The van der Waals surface area contributed by atoms with Crippen LogP contribution in [0.4, 0.5) is 0 Å². The highest BCUT2D eigenvalue weighted by atomic mass is 16.5. The molecule has 1 heterocycles. The smallest absolute Gasteiger partial charge is 0.0707 e. The summed E-state index contributed by atoms with van der Waals surface area (Å²) in [5.41, 5.74) is 0.487. The van der Waals surface area contributed by atoms with Gasteiger partial charge in [0.15, 0.2) is 0 Å². The fourth-order valence-electron chi connectivity index (χ4n) is 3.06. The highest BCUT2D eigenvalue weighted by molar-refractivity contribution is 4.91. The van der Waals surface area contributed by atoms with Crippen LogP contribution in [0.25, 0.3) is 0 Å². The lowest BCUT2D eigenvalue weighted by molar-refractivity contribution is -0.126. The number of aliphatic hydroxyl groups is 1. The van der Waals surface area contributed by atoms with Gasteiger partial charge in [0.25, 0.3) is 0 Å². The van der Waals surface area contributed by atoms with Crippen molar-refractivity contribution in [3.8, 4) is 0 Å². The molecule has 0 radical (unpaired) electrons. The molecule has 1 saturated carbocycles. The Hall–Kier alpha value is -0.0800. The summed E-state index contributed by atoms with van der Waals surface area (Å²) < 4.78 is 5.99. The van der Waals surface area contributed by atoms with Crippen molar-refractivity contribution in [1.82, 2.24) is 0 Å². The zero-order chi connectivity index (χ0) is 10.9. The monoisotopic (exact) mass is 212 g/mol. The van der Waals surface area contributed by atoms with Crippen molar-refractivity contribution < 1.29 is 9.84 Å². The summed E-state index contributed by atoms with van der Waals surface area (Å²) in [7, 11) is 0. The van der Waals surface area contributed by atoms with E-state index in [-0.39, 0.29) is 11.7 Å². The normalized spacial score (nSPS) is 41.4. The van der Waals surface area contributed by atoms with E-state index in [1.807, 2.05) is 0 Å². The minimum Gasteiger partial charge on any atom is -0.393 e. The number of hydrogen-bond donors (Lipinski definition) is 1. The molecule has 0 amide bonds. The summed E-state index contributed by atoms with van der Waals surface area (Å²) >= 11 is 0. The van der Waals surface area contributed by atoms with Crippen molar-refractivity contribution in [2.45, 2.75) is 70.5 Å². The molecule has 1 spiro atoms. The maximum Gasteiger partial charge on any atom is 0.0707 e. The quantitative estimate of drug-likeness (QED) is 0.669. The lowest BCUT2D eigenvalue weighted by atomic mass is 9.82. The SMILES string of the molecule is CC1(C)CCCC2(CC1)CC(O)CCO2. The molecule has 2 rings (SSSR count). The molecular formula is C13H24O2. The largest absolute Gasteiger partial charge is 0.393 e. The summed E-state index contributed by atoms with van der Waals surface area (Å²) in [5.74, 6) is 0. The highest BCUT2D eigenvalue weighted by Gasteiger charge is 2.40. The molecule has 1 saturated heterocycles. The van der Waals surface area contributed by atoms with Crippen molar-refractivity contribution in [3.05, 3.63) is 0 Å². The first-order chi connectivity index (χ1) is 7.02. The van der Waals surface area contributed by atoms with Crippen LogP contribution in [-0.4, -0.2) is 23.4 Å². The van der Waals surface area contributed by atoms with E-state index >= 15 is 0 Å². The molecule has 2 aliphatic rings. The van der Waals surface area contributed by atoms with Gasteiger partial charge in [-0.05, 0) is 37.5 Å². The van der Waals surface area contributed by atoms with Crippen molar-refractivity contribution in [2.75, 3.05) is 6.61 Å². The average molecular weight is 212 g/mol. The second kappa shape index (κ2) is 4.06. The maximum atomic E-state index is 9.77. The number of hydrogen-bond acceptors (Lipinski definition) is 2. The van der Waals surface area contributed by atoms with Gasteiger partial charge >= 0.3 is 0 Å². The molecule has 2 fully saturated rings. The summed E-state index contributed by atoms with van der Waals surface area (Å²) in [6, 6.07) is 0. The van der Waals surface area contributed by atoms with Crippen molar-refractivity contribution >= 4 is 0 Å². The second-order valence-electron chi connectivity index (χ2n) is 6.20. The fourth-order valence-corrected chi connectivity index (χ4v) is 3.06. The van der Waals surface area contributed by atoms with Crippen LogP contribution in [0.1, 0.15) is 58.8 Å². The predicted octanol–water partition coefficient (Wildman–Crippen LogP) is 2.89. The Balaban J connectivity index is 2.02. The van der Waals surface area contributed by atoms with E-state index in [1.165, 1.54) is 19.3 Å². The van der Waals surface area contributed by atoms with Crippen LogP contribution in [0.5, 0.6) is 0 Å². The molecule has 2 atom stereocenters. The minimum atomic E-state index is -0.125. The molecular weight excluding hydrogens is 188 g/mol. The summed E-state index contributed by atoms with van der Waals surface area (Å²) in [4.78, 5) is 0. The third-order valence-corrected chi connectivity index (χ3v) is 4.21. The lowest BCUT2D eigenvalue weighted by Gasteiger charge is -2.39. The lowest BCUT2D eigenvalue weighted by Crippen LogP contribution is -2.41. The zero-order valence-corrected chi connectivity index (χ0v) is 10.1. The van der Waals surface area contributed by atoms with E-state index < -0.39 is 0 Å². The molecule has 1 aliphatic carbocycles. The van der Waals surface area contributed by atoms with Crippen LogP contribution in [0.3, 0.4) is 0 Å². The van der Waals surface area contributed by atoms with Crippen LogP contribution in [-0.2, 0) is 4.74 Å². The Bertz CT molecular complexity index is 225. The maximum absolute atomic E-state index is 9.77. The van der Waals surface area contributed by atoms with Crippen molar-refractivity contribution in [2.24, 2.45) is 5.41 Å². The van der Waals surface area contributed by atoms with E-state index in [4.69, 9.17) is 4.74 Å². The zero-order valence-electron chi connectivity index (χ0n) is 10.1. The second-order valence-corrected chi connectivity index (χ2v) is 6.20. The number of rotatable bonds is 0. The van der Waals surface area contributed by atoms with E-state index in [1.54, 1.807) is 0 Å². The molecule has 2 heteroatoms. The molecule has 1 aliphatic heterocycles. The molecule has 0 aromatic rings. The average Bonchev–Trinajstić information content (AvgIpc) is 2.27. The highest BCUT2D eigenvalue weighted by Crippen LogP contribution is 2.43. The summed E-state index contributed by atoms with van der Waals surface area (Å²) in [6.45, 7) is 5.46. The van der Waals surface area contributed by atoms with Crippen LogP contribution in [0.15, 0.2) is 0 Å². The van der Waals surface area contributed by atoms with Gasteiger partial charge in [-0.1, -0.05) is 20.3 Å². The van der Waals surface area contributed by atoms with Gasteiger partial charge in [0.05, 0.1) is 11.7 Å². The van der Waals surface area contributed by atoms with E-state index in [2.05, 4.69) is 13.8 Å². The van der Waals surface area contributed by atoms with E-state index in [0.717, 1.165) is 32.3 Å². The van der Waals surface area contributed by atoms with E-state index in [9.17, 15) is 5.11 Å². The third-order valence-electron chi connectivity index (χ3n) is 4.21. The van der Waals surface area contributed by atoms with Gasteiger partial charge in [0, 0.05) is 13.0 Å². The fraction of sp³-hybridized carbons (Fsp3) is 1.00. The molecule has 15 heavy (non-hydrogen) atoms. The summed E-state index contributed by atoms with van der Waals surface area (Å²) in [5, 5.41) is 9.77. The van der Waals surface area contributed by atoms with Crippen molar-refractivity contribution in [1.29, 1.82) is 0 Å². The Morgan fingerprint density at radius 3 is 2.67 bits per heavy atom. The Morgan fingerprint density at radius 2 is 1.93 bits per heavy atom. The molecule has 2 unspecified atom stereocenters. The molecule has 2 nitrogen and oxygen atoms in total. The van der Waals surface area contributed by atoms with E-state index in [0.29, 0.717) is 5.41 Å². The Labute approximate surface area is 93.0 Å². The minimum absolute atomic E-state index is 0.0193. The first-order valence-corrected chi connectivity index (χ1v) is 6.34. The van der Waals surface area contributed by atoms with Crippen LogP contribution in [0.2, 0.25) is 0 Å². The van der Waals surface area contributed by atoms with Gasteiger partial charge < -0.3 is 9.84 Å². The molecule has 88 valence electrons. The Morgan fingerprint density at radius 1 is 1.13 bits per heavy atom. The van der Waals surface area contributed by atoms with Crippen molar-refractivity contribution in [3.63, 3.8) is 0 Å². The van der Waals surface area contributed by atoms with Gasteiger partial charge in [0.1, 0.15) is 0 Å². The number of aliphatic hydroxyl groups excluding tert-OH is 1. The predicted molar refractivity (Wildman–Crippen MR) is 60.8 cm³/mol.